The summed E-state index contributed by atoms with van der Waals surface area (Å²) in [5.74, 6) is 2.93. The Morgan fingerprint density at radius 3 is 2.60 bits per heavy atom. The zero-order valence-corrected chi connectivity index (χ0v) is 20.9. The van der Waals surface area contributed by atoms with Crippen molar-refractivity contribution < 1.29 is 9.26 Å². The van der Waals surface area contributed by atoms with Crippen LogP contribution in [0.5, 0.6) is 0 Å². The van der Waals surface area contributed by atoms with Crippen molar-refractivity contribution in [1.82, 2.24) is 20.8 Å². The molecule has 7 nitrogen and oxygen atoms in total. The summed E-state index contributed by atoms with van der Waals surface area (Å²) >= 11 is 0. The maximum atomic E-state index is 5.81. The van der Waals surface area contributed by atoms with Gasteiger partial charge in [0.1, 0.15) is 0 Å². The minimum Gasteiger partial charge on any atom is -0.376 e. The lowest BCUT2D eigenvalue weighted by atomic mass is 10.2. The molecule has 0 spiro atoms. The Morgan fingerprint density at radius 2 is 1.93 bits per heavy atom. The van der Waals surface area contributed by atoms with Gasteiger partial charge in [0, 0.05) is 32.0 Å². The van der Waals surface area contributed by atoms with E-state index in [1.807, 2.05) is 18.2 Å². The Labute approximate surface area is 197 Å². The lowest BCUT2D eigenvalue weighted by Gasteiger charge is -2.13. The third-order valence-electron chi connectivity index (χ3n) is 4.28. The zero-order chi connectivity index (χ0) is 20.9. The minimum absolute atomic E-state index is 0. The van der Waals surface area contributed by atoms with E-state index in [9.17, 15) is 0 Å². The van der Waals surface area contributed by atoms with Crippen LogP contribution >= 0.6 is 24.0 Å². The molecule has 2 N–H and O–H groups in total. The Hall–Kier alpha value is -1.68. The van der Waals surface area contributed by atoms with Crippen LogP contribution in [0.25, 0.3) is 0 Å². The van der Waals surface area contributed by atoms with E-state index in [1.54, 1.807) is 0 Å². The molecule has 0 amide bonds. The topological polar surface area (TPSA) is 84.6 Å². The monoisotopic (exact) mass is 529 g/mol. The molecule has 8 heteroatoms. The van der Waals surface area contributed by atoms with Gasteiger partial charge in [-0.25, -0.2) is 0 Å². The fourth-order valence-corrected chi connectivity index (χ4v) is 2.64. The summed E-state index contributed by atoms with van der Waals surface area (Å²) in [7, 11) is 0. The average molecular weight is 529 g/mol. The third-order valence-corrected chi connectivity index (χ3v) is 4.28. The van der Waals surface area contributed by atoms with E-state index in [0.29, 0.717) is 31.6 Å². The van der Waals surface area contributed by atoms with Crippen LogP contribution < -0.4 is 10.6 Å². The van der Waals surface area contributed by atoms with Gasteiger partial charge in [-0.15, -0.1) is 24.0 Å². The number of ether oxygens (including phenoxy) is 1. The molecule has 1 atom stereocenters. The molecule has 0 aliphatic rings. The molecule has 2 aromatic rings. The number of hydrogen-bond acceptors (Lipinski definition) is 5. The van der Waals surface area contributed by atoms with Crippen LogP contribution in [0.2, 0.25) is 0 Å². The van der Waals surface area contributed by atoms with Gasteiger partial charge in [0.25, 0.3) is 0 Å². The highest BCUT2D eigenvalue weighted by molar-refractivity contribution is 14.0. The number of aryl methyl sites for hydroxylation is 1. The average Bonchev–Trinajstić information content (AvgIpc) is 3.19. The van der Waals surface area contributed by atoms with Crippen molar-refractivity contribution in [3.63, 3.8) is 0 Å². The Bertz CT molecular complexity index is 721. The summed E-state index contributed by atoms with van der Waals surface area (Å²) < 4.78 is 11.1. The van der Waals surface area contributed by atoms with Crippen molar-refractivity contribution in [2.75, 3.05) is 26.2 Å². The maximum Gasteiger partial charge on any atom is 0.226 e. The molecule has 0 fully saturated rings. The van der Waals surface area contributed by atoms with Crippen molar-refractivity contribution in [2.45, 2.75) is 53.1 Å². The minimum atomic E-state index is 0. The number of nitrogens with zero attached hydrogens (tertiary/aromatic N) is 3. The molecule has 2 rings (SSSR count). The van der Waals surface area contributed by atoms with Crippen LogP contribution in [0.3, 0.4) is 0 Å². The quantitative estimate of drug-likeness (QED) is 0.186. The van der Waals surface area contributed by atoms with Gasteiger partial charge in [-0.1, -0.05) is 56.3 Å². The van der Waals surface area contributed by atoms with Crippen LogP contribution in [0.4, 0.5) is 0 Å². The van der Waals surface area contributed by atoms with Crippen molar-refractivity contribution in [1.29, 1.82) is 0 Å². The number of guanidine groups is 1. The highest BCUT2D eigenvalue weighted by atomic mass is 127. The highest BCUT2D eigenvalue weighted by Gasteiger charge is 2.09. The summed E-state index contributed by atoms with van der Waals surface area (Å²) in [5, 5.41) is 10.6. The van der Waals surface area contributed by atoms with E-state index >= 15 is 0 Å². The number of rotatable bonds is 12. The van der Waals surface area contributed by atoms with Crippen LogP contribution in [0.1, 0.15) is 57.3 Å². The molecule has 1 aromatic carbocycles. The second-order valence-corrected chi connectivity index (χ2v) is 7.56. The molecule has 0 bridgehead atoms. The van der Waals surface area contributed by atoms with Crippen molar-refractivity contribution in [3.05, 3.63) is 47.6 Å². The van der Waals surface area contributed by atoms with Crippen LogP contribution in [0.15, 0.2) is 39.8 Å². The molecule has 0 saturated heterocycles. The molecule has 0 aliphatic heterocycles. The first kappa shape index (κ1) is 26.4. The van der Waals surface area contributed by atoms with E-state index in [0.717, 1.165) is 37.7 Å². The smallest absolute Gasteiger partial charge is 0.226 e. The van der Waals surface area contributed by atoms with E-state index in [4.69, 9.17) is 9.26 Å². The first-order chi connectivity index (χ1) is 14.1. The largest absolute Gasteiger partial charge is 0.376 e. The second kappa shape index (κ2) is 15.2. The number of halogens is 1. The number of aromatic nitrogens is 2. The van der Waals surface area contributed by atoms with E-state index in [-0.39, 0.29) is 29.9 Å². The maximum absolute atomic E-state index is 5.81. The molecule has 30 heavy (non-hydrogen) atoms. The van der Waals surface area contributed by atoms with E-state index in [2.05, 4.69) is 65.6 Å². The summed E-state index contributed by atoms with van der Waals surface area (Å²) in [4.78, 5) is 9.08. The van der Waals surface area contributed by atoms with Gasteiger partial charge in [0.15, 0.2) is 11.8 Å². The SMILES string of the molecule is CCNC(=NCC(C)COCc1ccccc1)NCCCc1nc(C(C)C)no1.I. The predicted molar refractivity (Wildman–Crippen MR) is 131 cm³/mol. The normalized spacial score (nSPS) is 12.5. The summed E-state index contributed by atoms with van der Waals surface area (Å²) in [6, 6.07) is 10.2. The number of nitrogens with one attached hydrogen (secondary N) is 2. The Morgan fingerprint density at radius 1 is 1.17 bits per heavy atom. The first-order valence-corrected chi connectivity index (χ1v) is 10.5. The highest BCUT2D eigenvalue weighted by Crippen LogP contribution is 2.10. The van der Waals surface area contributed by atoms with E-state index < -0.39 is 0 Å². The van der Waals surface area contributed by atoms with Crippen LogP contribution in [-0.4, -0.2) is 42.3 Å². The van der Waals surface area contributed by atoms with Crippen molar-refractivity contribution in [2.24, 2.45) is 10.9 Å². The second-order valence-electron chi connectivity index (χ2n) is 7.56. The molecule has 168 valence electrons. The molecular formula is C22H36IN5O2. The van der Waals surface area contributed by atoms with Gasteiger partial charge < -0.3 is 19.9 Å². The van der Waals surface area contributed by atoms with Gasteiger partial charge in [-0.3, -0.25) is 4.99 Å². The van der Waals surface area contributed by atoms with Gasteiger partial charge in [-0.2, -0.15) is 4.98 Å². The first-order valence-electron chi connectivity index (χ1n) is 10.5. The molecule has 1 heterocycles. The Kier molecular flexibility index (Phi) is 13.3. The molecule has 0 radical (unpaired) electrons. The summed E-state index contributed by atoms with van der Waals surface area (Å²) in [6.07, 6.45) is 1.66. The van der Waals surface area contributed by atoms with Crippen molar-refractivity contribution in [3.8, 4) is 0 Å². The zero-order valence-electron chi connectivity index (χ0n) is 18.6. The summed E-state index contributed by atoms with van der Waals surface area (Å²) in [6.45, 7) is 12.0. The summed E-state index contributed by atoms with van der Waals surface area (Å²) in [5.41, 5.74) is 1.19. The van der Waals surface area contributed by atoms with Gasteiger partial charge in [0.2, 0.25) is 5.89 Å². The van der Waals surface area contributed by atoms with E-state index in [1.165, 1.54) is 5.56 Å². The number of hydrogen-bond donors (Lipinski definition) is 2. The van der Waals surface area contributed by atoms with Crippen LogP contribution in [0, 0.1) is 5.92 Å². The standard InChI is InChI=1S/C22H35N5O2.HI/c1-5-23-22(24-13-9-12-20-26-21(17(2)3)27-29-20)25-14-18(4)15-28-16-19-10-7-6-8-11-19;/h6-8,10-11,17-18H,5,9,12-16H2,1-4H3,(H2,23,24,25);1H. The van der Waals surface area contributed by atoms with Gasteiger partial charge in [-0.05, 0) is 24.8 Å². The number of aliphatic imine (C=N–C) groups is 1. The Balaban J connectivity index is 0.00000450. The lowest BCUT2D eigenvalue weighted by Crippen LogP contribution is -2.38. The predicted octanol–water partition coefficient (Wildman–Crippen LogP) is 4.15. The van der Waals surface area contributed by atoms with Gasteiger partial charge in [0.05, 0.1) is 13.2 Å². The molecule has 0 saturated carbocycles. The fourth-order valence-electron chi connectivity index (χ4n) is 2.64. The van der Waals surface area contributed by atoms with Gasteiger partial charge >= 0.3 is 0 Å². The molecule has 0 aliphatic carbocycles. The lowest BCUT2D eigenvalue weighted by molar-refractivity contribution is 0.0945. The molecular weight excluding hydrogens is 493 g/mol. The molecule has 1 aromatic heterocycles. The number of benzene rings is 1. The van der Waals surface area contributed by atoms with Crippen LogP contribution in [-0.2, 0) is 17.8 Å². The van der Waals surface area contributed by atoms with Crippen molar-refractivity contribution >= 4 is 29.9 Å². The fraction of sp³-hybridized carbons (Fsp3) is 0.591. The third kappa shape index (κ3) is 10.4. The molecule has 1 unspecified atom stereocenters.